The number of nitrogens with one attached hydrogen (secondary N) is 2. The molecule has 0 saturated heterocycles. The Morgan fingerprint density at radius 2 is 1.75 bits per heavy atom. The minimum absolute atomic E-state index is 0.264. The minimum Gasteiger partial charge on any atom is -0.444 e. The molecule has 1 aliphatic carbocycles. The first-order chi connectivity index (χ1) is 9.15. The molecular formula is C16H32N2O2. The normalized spacial score (nSPS) is 24.1. The fourth-order valence-corrected chi connectivity index (χ4v) is 2.42. The molecular weight excluding hydrogens is 252 g/mol. The minimum atomic E-state index is -0.420. The second-order valence-corrected chi connectivity index (χ2v) is 7.55. The van der Waals surface area contributed by atoms with Crippen molar-refractivity contribution in [2.45, 2.75) is 91.0 Å². The van der Waals surface area contributed by atoms with Crippen LogP contribution in [0.25, 0.3) is 0 Å². The third-order valence-electron chi connectivity index (χ3n) is 3.56. The van der Waals surface area contributed by atoms with E-state index >= 15 is 0 Å². The van der Waals surface area contributed by atoms with Crippen LogP contribution in [-0.2, 0) is 4.74 Å². The zero-order valence-corrected chi connectivity index (χ0v) is 14.0. The van der Waals surface area contributed by atoms with Gasteiger partial charge in [-0.05, 0) is 59.3 Å². The van der Waals surface area contributed by atoms with E-state index in [0.29, 0.717) is 12.1 Å². The Kier molecular flexibility index (Phi) is 6.31. The predicted molar refractivity (Wildman–Crippen MR) is 82.8 cm³/mol. The maximum absolute atomic E-state index is 11.6. The van der Waals surface area contributed by atoms with E-state index < -0.39 is 5.60 Å². The van der Waals surface area contributed by atoms with Crippen LogP contribution >= 0.6 is 0 Å². The third kappa shape index (κ3) is 7.13. The first kappa shape index (κ1) is 17.3. The first-order valence-corrected chi connectivity index (χ1v) is 7.91. The van der Waals surface area contributed by atoms with Gasteiger partial charge in [0.2, 0.25) is 0 Å². The van der Waals surface area contributed by atoms with Gasteiger partial charge in [-0.15, -0.1) is 0 Å². The van der Waals surface area contributed by atoms with Gasteiger partial charge in [-0.3, -0.25) is 0 Å². The van der Waals surface area contributed by atoms with Crippen LogP contribution in [0.2, 0.25) is 0 Å². The molecule has 1 unspecified atom stereocenters. The van der Waals surface area contributed by atoms with Gasteiger partial charge in [-0.2, -0.15) is 0 Å². The van der Waals surface area contributed by atoms with Crippen molar-refractivity contribution < 1.29 is 9.53 Å². The van der Waals surface area contributed by atoms with E-state index in [9.17, 15) is 4.79 Å². The molecule has 0 aliphatic heterocycles. The van der Waals surface area contributed by atoms with E-state index in [2.05, 4.69) is 31.4 Å². The summed E-state index contributed by atoms with van der Waals surface area (Å²) in [6, 6.07) is 1.36. The van der Waals surface area contributed by atoms with Gasteiger partial charge >= 0.3 is 6.09 Å². The van der Waals surface area contributed by atoms with Crippen molar-refractivity contribution in [3.05, 3.63) is 0 Å². The van der Waals surface area contributed by atoms with Crippen LogP contribution in [-0.4, -0.2) is 29.8 Å². The molecule has 118 valence electrons. The largest absolute Gasteiger partial charge is 0.444 e. The van der Waals surface area contributed by atoms with Crippen molar-refractivity contribution >= 4 is 6.09 Å². The van der Waals surface area contributed by atoms with Crippen LogP contribution in [0.3, 0.4) is 0 Å². The van der Waals surface area contributed by atoms with E-state index in [-0.39, 0.29) is 12.1 Å². The Morgan fingerprint density at radius 3 is 2.25 bits per heavy atom. The van der Waals surface area contributed by atoms with Gasteiger partial charge in [-0.1, -0.05) is 13.8 Å². The Hall–Kier alpha value is -0.770. The van der Waals surface area contributed by atoms with Crippen LogP contribution < -0.4 is 10.6 Å². The van der Waals surface area contributed by atoms with E-state index in [1.165, 1.54) is 12.8 Å². The molecule has 0 aromatic heterocycles. The van der Waals surface area contributed by atoms with Crippen molar-refractivity contribution in [2.24, 2.45) is 5.92 Å². The highest BCUT2D eigenvalue weighted by atomic mass is 16.6. The standard InChI is InChI=1S/C16H32N2O2/c1-11(2)7-8-12(3)17-13-9-14(10-13)18-15(19)20-16(4,5)6/h11-14,17H,7-10H2,1-6H3,(H,18,19). The Morgan fingerprint density at radius 1 is 1.15 bits per heavy atom. The molecule has 4 nitrogen and oxygen atoms in total. The number of amides is 1. The summed E-state index contributed by atoms with van der Waals surface area (Å²) in [5.41, 5.74) is -0.420. The van der Waals surface area contributed by atoms with Crippen LogP contribution in [0.5, 0.6) is 0 Å². The molecule has 0 aromatic carbocycles. The fraction of sp³-hybridized carbons (Fsp3) is 0.938. The van der Waals surface area contributed by atoms with E-state index in [0.717, 1.165) is 18.8 Å². The van der Waals surface area contributed by atoms with Crippen LogP contribution in [0.1, 0.15) is 67.2 Å². The molecule has 20 heavy (non-hydrogen) atoms. The number of alkyl carbamates (subject to hydrolysis) is 1. The molecule has 1 amide bonds. The summed E-state index contributed by atoms with van der Waals surface area (Å²) in [6.45, 7) is 12.4. The lowest BCUT2D eigenvalue weighted by Crippen LogP contribution is -2.54. The second-order valence-electron chi connectivity index (χ2n) is 7.55. The van der Waals surface area contributed by atoms with Crippen LogP contribution in [0.15, 0.2) is 0 Å². The topological polar surface area (TPSA) is 50.4 Å². The molecule has 1 saturated carbocycles. The van der Waals surface area contributed by atoms with E-state index in [1.807, 2.05) is 20.8 Å². The Labute approximate surface area is 124 Å². The zero-order chi connectivity index (χ0) is 15.3. The third-order valence-corrected chi connectivity index (χ3v) is 3.56. The highest BCUT2D eigenvalue weighted by Crippen LogP contribution is 2.22. The lowest BCUT2D eigenvalue weighted by atomic mass is 9.86. The molecule has 2 N–H and O–H groups in total. The van der Waals surface area contributed by atoms with Crippen molar-refractivity contribution in [1.82, 2.24) is 10.6 Å². The average Bonchev–Trinajstić information content (AvgIpc) is 2.20. The van der Waals surface area contributed by atoms with Gasteiger partial charge in [0.25, 0.3) is 0 Å². The van der Waals surface area contributed by atoms with Crippen LogP contribution in [0, 0.1) is 5.92 Å². The zero-order valence-electron chi connectivity index (χ0n) is 14.0. The van der Waals surface area contributed by atoms with Crippen molar-refractivity contribution in [3.8, 4) is 0 Å². The second kappa shape index (κ2) is 7.30. The maximum atomic E-state index is 11.6. The molecule has 4 heteroatoms. The van der Waals surface area contributed by atoms with Crippen LogP contribution in [0.4, 0.5) is 4.79 Å². The summed E-state index contributed by atoms with van der Waals surface area (Å²) in [7, 11) is 0. The number of hydrogen-bond donors (Lipinski definition) is 2. The smallest absolute Gasteiger partial charge is 0.407 e. The highest BCUT2D eigenvalue weighted by molar-refractivity contribution is 5.68. The quantitative estimate of drug-likeness (QED) is 0.785. The van der Waals surface area contributed by atoms with E-state index in [1.54, 1.807) is 0 Å². The molecule has 1 atom stereocenters. The van der Waals surface area contributed by atoms with Gasteiger partial charge in [0.05, 0.1) is 0 Å². The molecule has 1 rings (SSSR count). The van der Waals surface area contributed by atoms with E-state index in [4.69, 9.17) is 4.74 Å². The molecule has 0 heterocycles. The van der Waals surface area contributed by atoms with Gasteiger partial charge < -0.3 is 15.4 Å². The molecule has 0 aromatic rings. The lowest BCUT2D eigenvalue weighted by Gasteiger charge is -2.38. The molecule has 0 bridgehead atoms. The lowest BCUT2D eigenvalue weighted by molar-refractivity contribution is 0.0463. The molecule has 0 spiro atoms. The average molecular weight is 284 g/mol. The number of ether oxygens (including phenoxy) is 1. The summed E-state index contributed by atoms with van der Waals surface area (Å²) in [6.07, 6.45) is 4.20. The molecule has 1 fully saturated rings. The number of rotatable bonds is 6. The number of hydrogen-bond acceptors (Lipinski definition) is 3. The highest BCUT2D eigenvalue weighted by Gasteiger charge is 2.32. The summed E-state index contributed by atoms with van der Waals surface area (Å²) >= 11 is 0. The Bertz CT molecular complexity index is 304. The SMILES string of the molecule is CC(C)CCC(C)NC1CC(NC(=O)OC(C)(C)C)C1. The van der Waals surface area contributed by atoms with Gasteiger partial charge in [0.15, 0.2) is 0 Å². The van der Waals surface area contributed by atoms with Gasteiger partial charge in [0.1, 0.15) is 5.60 Å². The summed E-state index contributed by atoms with van der Waals surface area (Å²) in [5.74, 6) is 0.766. The van der Waals surface area contributed by atoms with Crippen molar-refractivity contribution in [2.75, 3.05) is 0 Å². The fourth-order valence-electron chi connectivity index (χ4n) is 2.42. The number of carbonyl (C=O) groups excluding carboxylic acids is 1. The summed E-state index contributed by atoms with van der Waals surface area (Å²) in [5, 5.41) is 6.56. The van der Waals surface area contributed by atoms with Gasteiger partial charge in [-0.25, -0.2) is 4.79 Å². The maximum Gasteiger partial charge on any atom is 0.407 e. The monoisotopic (exact) mass is 284 g/mol. The van der Waals surface area contributed by atoms with Gasteiger partial charge in [0, 0.05) is 18.1 Å². The van der Waals surface area contributed by atoms with Crippen molar-refractivity contribution in [1.29, 1.82) is 0 Å². The first-order valence-electron chi connectivity index (χ1n) is 7.91. The molecule has 1 aliphatic rings. The summed E-state index contributed by atoms with van der Waals surface area (Å²) in [4.78, 5) is 11.6. The molecule has 0 radical (unpaired) electrons. The van der Waals surface area contributed by atoms with Crippen molar-refractivity contribution in [3.63, 3.8) is 0 Å². The Balaban J connectivity index is 2.12. The number of carbonyl (C=O) groups is 1. The predicted octanol–water partition coefficient (Wildman–Crippen LogP) is 3.46. The summed E-state index contributed by atoms with van der Waals surface area (Å²) < 4.78 is 5.25.